The Labute approximate surface area is 114 Å². The molecule has 1 aromatic heterocycles. The maximum absolute atomic E-state index is 11.9. The van der Waals surface area contributed by atoms with E-state index in [-0.39, 0.29) is 5.91 Å². The van der Waals surface area contributed by atoms with E-state index in [1.54, 1.807) is 13.1 Å². The predicted molar refractivity (Wildman–Crippen MR) is 76.4 cm³/mol. The van der Waals surface area contributed by atoms with E-state index in [0.29, 0.717) is 18.1 Å². The Balaban J connectivity index is 1.77. The van der Waals surface area contributed by atoms with E-state index in [1.807, 2.05) is 12.1 Å². The second-order valence-corrected chi connectivity index (χ2v) is 4.82. The van der Waals surface area contributed by atoms with Gasteiger partial charge in [0, 0.05) is 20.1 Å². The highest BCUT2D eigenvalue weighted by molar-refractivity contribution is 5.92. The number of pyridine rings is 1. The molecular weight excluding hydrogens is 240 g/mol. The maximum Gasteiger partial charge on any atom is 0.270 e. The van der Waals surface area contributed by atoms with Gasteiger partial charge in [0.2, 0.25) is 0 Å². The van der Waals surface area contributed by atoms with Crippen molar-refractivity contribution in [1.29, 1.82) is 0 Å². The fourth-order valence-electron chi connectivity index (χ4n) is 2.30. The summed E-state index contributed by atoms with van der Waals surface area (Å²) in [5, 5.41) is 5.86. The zero-order valence-corrected chi connectivity index (χ0v) is 11.5. The summed E-state index contributed by atoms with van der Waals surface area (Å²) < 4.78 is 0. The zero-order chi connectivity index (χ0) is 13.5. The van der Waals surface area contributed by atoms with E-state index in [2.05, 4.69) is 20.5 Å². The first-order valence-electron chi connectivity index (χ1n) is 6.95. The van der Waals surface area contributed by atoms with Gasteiger partial charge in [-0.2, -0.15) is 0 Å². The molecule has 1 fully saturated rings. The van der Waals surface area contributed by atoms with Crippen LogP contribution in [0.5, 0.6) is 0 Å². The summed E-state index contributed by atoms with van der Waals surface area (Å²) in [6.07, 6.45) is 3.89. The lowest BCUT2D eigenvalue weighted by atomic mass is 10.1. The predicted octanol–water partition coefficient (Wildman–Crippen LogP) is 1.34. The summed E-state index contributed by atoms with van der Waals surface area (Å²) in [6.45, 7) is 3.93. The van der Waals surface area contributed by atoms with Crippen LogP contribution in [0.1, 0.15) is 29.8 Å². The van der Waals surface area contributed by atoms with Gasteiger partial charge in [-0.15, -0.1) is 0 Å². The Hall–Kier alpha value is -1.62. The second kappa shape index (κ2) is 7.09. The molecule has 1 amide bonds. The van der Waals surface area contributed by atoms with Crippen LogP contribution in [0.4, 0.5) is 5.82 Å². The number of carbonyl (C=O) groups excluding carboxylic acids is 1. The van der Waals surface area contributed by atoms with Crippen molar-refractivity contribution >= 4 is 11.7 Å². The van der Waals surface area contributed by atoms with E-state index in [4.69, 9.17) is 0 Å². The molecule has 2 heterocycles. The molecule has 1 aromatic rings. The van der Waals surface area contributed by atoms with Crippen molar-refractivity contribution in [3.63, 3.8) is 0 Å². The number of hydrogen-bond donors (Lipinski definition) is 2. The monoisotopic (exact) mass is 262 g/mol. The molecule has 104 valence electrons. The normalized spacial score (nSPS) is 16.1. The average molecular weight is 262 g/mol. The Bertz CT molecular complexity index is 416. The van der Waals surface area contributed by atoms with Crippen molar-refractivity contribution in [2.75, 3.05) is 38.5 Å². The van der Waals surface area contributed by atoms with Gasteiger partial charge in [-0.3, -0.25) is 4.79 Å². The Morgan fingerprint density at radius 2 is 2.11 bits per heavy atom. The fourth-order valence-corrected chi connectivity index (χ4v) is 2.30. The van der Waals surface area contributed by atoms with Crippen molar-refractivity contribution in [2.45, 2.75) is 19.3 Å². The van der Waals surface area contributed by atoms with E-state index in [9.17, 15) is 4.79 Å². The summed E-state index contributed by atoms with van der Waals surface area (Å²) in [5.74, 6) is 0.609. The summed E-state index contributed by atoms with van der Waals surface area (Å²) in [4.78, 5) is 18.6. The molecule has 0 atom stereocenters. The van der Waals surface area contributed by atoms with Crippen molar-refractivity contribution in [3.05, 3.63) is 23.9 Å². The van der Waals surface area contributed by atoms with Crippen LogP contribution in [0, 0.1) is 0 Å². The van der Waals surface area contributed by atoms with Gasteiger partial charge >= 0.3 is 0 Å². The lowest BCUT2D eigenvalue weighted by molar-refractivity contribution is 0.0941. The number of piperidine rings is 1. The number of carbonyl (C=O) groups is 1. The van der Waals surface area contributed by atoms with Gasteiger partial charge in [-0.1, -0.05) is 12.5 Å². The van der Waals surface area contributed by atoms with Gasteiger partial charge in [0.15, 0.2) is 0 Å². The van der Waals surface area contributed by atoms with Crippen LogP contribution in [0.25, 0.3) is 0 Å². The average Bonchev–Trinajstić information content (AvgIpc) is 2.48. The molecule has 0 radical (unpaired) electrons. The van der Waals surface area contributed by atoms with Crippen molar-refractivity contribution in [1.82, 2.24) is 15.2 Å². The molecule has 0 bridgehead atoms. The summed E-state index contributed by atoms with van der Waals surface area (Å²) >= 11 is 0. The lowest BCUT2D eigenvalue weighted by Gasteiger charge is -2.26. The molecule has 0 aromatic carbocycles. The third kappa shape index (κ3) is 4.21. The van der Waals surface area contributed by atoms with E-state index in [1.165, 1.54) is 19.3 Å². The van der Waals surface area contributed by atoms with Gasteiger partial charge in [-0.05, 0) is 38.1 Å². The highest BCUT2D eigenvalue weighted by Crippen LogP contribution is 2.07. The number of amides is 1. The highest BCUT2D eigenvalue weighted by atomic mass is 16.1. The quantitative estimate of drug-likeness (QED) is 0.841. The summed E-state index contributed by atoms with van der Waals surface area (Å²) in [5.41, 5.74) is 0.463. The van der Waals surface area contributed by atoms with Crippen LogP contribution in [0.3, 0.4) is 0 Å². The fraction of sp³-hybridized carbons (Fsp3) is 0.571. The molecule has 1 aliphatic heterocycles. The molecule has 1 saturated heterocycles. The van der Waals surface area contributed by atoms with Gasteiger partial charge in [-0.25, -0.2) is 4.98 Å². The van der Waals surface area contributed by atoms with Gasteiger partial charge in [0.25, 0.3) is 5.91 Å². The molecule has 0 aliphatic carbocycles. The Kier molecular flexibility index (Phi) is 5.15. The number of anilines is 1. The molecule has 0 spiro atoms. The van der Waals surface area contributed by atoms with Crippen LogP contribution < -0.4 is 10.6 Å². The SMILES string of the molecule is CNc1cccc(C(=O)NCCN2CCCCC2)n1. The number of rotatable bonds is 5. The number of nitrogens with one attached hydrogen (secondary N) is 2. The van der Waals surface area contributed by atoms with Gasteiger partial charge < -0.3 is 15.5 Å². The Morgan fingerprint density at radius 3 is 2.84 bits per heavy atom. The van der Waals surface area contributed by atoms with Crippen molar-refractivity contribution < 1.29 is 4.79 Å². The molecule has 1 aliphatic rings. The summed E-state index contributed by atoms with van der Waals surface area (Å²) in [7, 11) is 1.79. The third-order valence-corrected chi connectivity index (χ3v) is 3.40. The number of likely N-dealkylation sites (tertiary alicyclic amines) is 1. The Morgan fingerprint density at radius 1 is 1.32 bits per heavy atom. The van der Waals surface area contributed by atoms with E-state index >= 15 is 0 Å². The lowest BCUT2D eigenvalue weighted by Crippen LogP contribution is -2.37. The number of hydrogen-bond acceptors (Lipinski definition) is 4. The highest BCUT2D eigenvalue weighted by Gasteiger charge is 2.11. The minimum atomic E-state index is -0.103. The van der Waals surface area contributed by atoms with Gasteiger partial charge in [0.05, 0.1) is 0 Å². The first-order chi connectivity index (χ1) is 9.29. The molecule has 0 saturated carbocycles. The maximum atomic E-state index is 11.9. The van der Waals surface area contributed by atoms with Crippen LogP contribution in [-0.4, -0.2) is 49.0 Å². The third-order valence-electron chi connectivity index (χ3n) is 3.40. The van der Waals surface area contributed by atoms with E-state index in [0.717, 1.165) is 19.6 Å². The summed E-state index contributed by atoms with van der Waals surface area (Å²) in [6, 6.07) is 5.40. The van der Waals surface area contributed by atoms with Crippen LogP contribution >= 0.6 is 0 Å². The smallest absolute Gasteiger partial charge is 0.270 e. The molecule has 5 nitrogen and oxygen atoms in total. The minimum absolute atomic E-state index is 0.103. The van der Waals surface area contributed by atoms with Crippen molar-refractivity contribution in [2.24, 2.45) is 0 Å². The van der Waals surface area contributed by atoms with Crippen molar-refractivity contribution in [3.8, 4) is 0 Å². The molecule has 5 heteroatoms. The molecule has 19 heavy (non-hydrogen) atoms. The molecular formula is C14H22N4O. The molecule has 2 N–H and O–H groups in total. The first-order valence-corrected chi connectivity index (χ1v) is 6.95. The largest absolute Gasteiger partial charge is 0.373 e. The zero-order valence-electron chi connectivity index (χ0n) is 11.5. The molecule has 0 unspecified atom stereocenters. The minimum Gasteiger partial charge on any atom is -0.373 e. The number of nitrogens with zero attached hydrogens (tertiary/aromatic N) is 2. The van der Waals surface area contributed by atoms with Crippen LogP contribution in [0.15, 0.2) is 18.2 Å². The van der Waals surface area contributed by atoms with Crippen LogP contribution in [0.2, 0.25) is 0 Å². The topological polar surface area (TPSA) is 57.3 Å². The number of aromatic nitrogens is 1. The van der Waals surface area contributed by atoms with Crippen LogP contribution in [-0.2, 0) is 0 Å². The van der Waals surface area contributed by atoms with E-state index < -0.39 is 0 Å². The van der Waals surface area contributed by atoms with Gasteiger partial charge in [0.1, 0.15) is 11.5 Å². The molecule has 2 rings (SSSR count). The second-order valence-electron chi connectivity index (χ2n) is 4.82. The standard InChI is InChI=1S/C14H22N4O/c1-15-13-7-5-6-12(17-13)14(19)16-8-11-18-9-3-2-4-10-18/h5-7H,2-4,8-11H2,1H3,(H,15,17)(H,16,19). The first kappa shape index (κ1) is 13.8.